The lowest BCUT2D eigenvalue weighted by Crippen LogP contribution is -2.40. The highest BCUT2D eigenvalue weighted by Crippen LogP contribution is 2.29. The molecular formula is C24H27N7O2. The van der Waals surface area contributed by atoms with E-state index in [0.29, 0.717) is 22.5 Å². The molecular weight excluding hydrogens is 418 g/mol. The third-order valence-corrected chi connectivity index (χ3v) is 5.70. The first kappa shape index (κ1) is 22.2. The minimum Gasteiger partial charge on any atom is -0.382 e. The van der Waals surface area contributed by atoms with Crippen molar-refractivity contribution in [3.8, 4) is 11.3 Å². The Bertz CT molecular complexity index is 1170. The first-order chi connectivity index (χ1) is 16.0. The van der Waals surface area contributed by atoms with Crippen LogP contribution in [0.3, 0.4) is 0 Å². The van der Waals surface area contributed by atoms with Crippen LogP contribution in [0.1, 0.15) is 33.7 Å². The van der Waals surface area contributed by atoms with Gasteiger partial charge in [0.05, 0.1) is 23.3 Å². The standard InChI is InChI=1S/C24H27N7O2/c1-27-23(32)16-6-4-5-15(13-16)19-14-28-22(26)21(29-19)24(33)30-18-7-2-3-8-20(18)31-11-9-17(25)10-12-31/h2-8,13-14,17H,9-12,25H2,1H3,(H2,26,28)(H,27,32)(H,30,33). The molecule has 2 amide bonds. The Morgan fingerprint density at radius 3 is 2.58 bits per heavy atom. The van der Waals surface area contributed by atoms with Gasteiger partial charge < -0.3 is 27.0 Å². The van der Waals surface area contributed by atoms with Crippen LogP contribution < -0.4 is 27.0 Å². The molecule has 2 aromatic carbocycles. The van der Waals surface area contributed by atoms with Crippen molar-refractivity contribution in [1.82, 2.24) is 15.3 Å². The van der Waals surface area contributed by atoms with Gasteiger partial charge in [-0.15, -0.1) is 0 Å². The molecule has 0 saturated carbocycles. The predicted octanol–water partition coefficient (Wildman–Crippen LogP) is 2.27. The molecule has 9 heteroatoms. The molecule has 170 valence electrons. The van der Waals surface area contributed by atoms with E-state index in [1.165, 1.54) is 6.20 Å². The molecule has 0 radical (unpaired) electrons. The largest absolute Gasteiger partial charge is 0.382 e. The van der Waals surface area contributed by atoms with Crippen LogP contribution in [0.5, 0.6) is 0 Å². The Labute approximate surface area is 192 Å². The Morgan fingerprint density at radius 1 is 1.06 bits per heavy atom. The van der Waals surface area contributed by atoms with Gasteiger partial charge in [0.1, 0.15) is 0 Å². The second-order valence-electron chi connectivity index (χ2n) is 7.94. The lowest BCUT2D eigenvalue weighted by molar-refractivity contribution is 0.0962. The van der Waals surface area contributed by atoms with E-state index >= 15 is 0 Å². The number of para-hydroxylation sites is 2. The first-order valence-corrected chi connectivity index (χ1v) is 10.8. The van der Waals surface area contributed by atoms with E-state index in [1.807, 2.05) is 24.3 Å². The number of amides is 2. The van der Waals surface area contributed by atoms with Crippen LogP contribution in [0.25, 0.3) is 11.3 Å². The molecule has 0 atom stereocenters. The summed E-state index contributed by atoms with van der Waals surface area (Å²) in [5, 5.41) is 5.53. The van der Waals surface area contributed by atoms with Gasteiger partial charge in [-0.05, 0) is 37.1 Å². The summed E-state index contributed by atoms with van der Waals surface area (Å²) in [5.41, 5.74) is 15.2. The van der Waals surface area contributed by atoms with Gasteiger partial charge in [-0.2, -0.15) is 0 Å². The molecule has 1 aliphatic heterocycles. The van der Waals surface area contributed by atoms with Crippen molar-refractivity contribution in [2.75, 3.05) is 36.1 Å². The summed E-state index contributed by atoms with van der Waals surface area (Å²) in [4.78, 5) is 35.9. The molecule has 0 unspecified atom stereocenters. The predicted molar refractivity (Wildman–Crippen MR) is 129 cm³/mol. The van der Waals surface area contributed by atoms with Crippen LogP contribution in [0.2, 0.25) is 0 Å². The first-order valence-electron chi connectivity index (χ1n) is 10.8. The van der Waals surface area contributed by atoms with Crippen LogP contribution in [0, 0.1) is 0 Å². The Kier molecular flexibility index (Phi) is 6.50. The van der Waals surface area contributed by atoms with E-state index in [2.05, 4.69) is 25.5 Å². The molecule has 4 rings (SSSR count). The summed E-state index contributed by atoms with van der Waals surface area (Å²) >= 11 is 0. The number of benzene rings is 2. The van der Waals surface area contributed by atoms with Crippen molar-refractivity contribution in [3.05, 3.63) is 66.0 Å². The summed E-state index contributed by atoms with van der Waals surface area (Å²) in [7, 11) is 1.57. The van der Waals surface area contributed by atoms with Crippen LogP contribution >= 0.6 is 0 Å². The topological polar surface area (TPSA) is 139 Å². The van der Waals surface area contributed by atoms with E-state index in [9.17, 15) is 9.59 Å². The SMILES string of the molecule is CNC(=O)c1cccc(-c2cnc(N)c(C(=O)Nc3ccccc3N3CCC(N)CC3)n2)c1. The van der Waals surface area contributed by atoms with Crippen LogP contribution in [0.15, 0.2) is 54.7 Å². The molecule has 1 aliphatic rings. The molecule has 1 fully saturated rings. The van der Waals surface area contributed by atoms with Crippen molar-refractivity contribution in [2.45, 2.75) is 18.9 Å². The van der Waals surface area contributed by atoms with Gasteiger partial charge in [-0.1, -0.05) is 24.3 Å². The molecule has 9 nitrogen and oxygen atoms in total. The number of aromatic nitrogens is 2. The fraction of sp³-hybridized carbons (Fsp3) is 0.250. The zero-order valence-electron chi connectivity index (χ0n) is 18.4. The van der Waals surface area contributed by atoms with Crippen molar-refractivity contribution in [2.24, 2.45) is 5.73 Å². The number of rotatable bonds is 5. The highest BCUT2D eigenvalue weighted by Gasteiger charge is 2.21. The number of nitrogens with one attached hydrogen (secondary N) is 2. The second kappa shape index (κ2) is 9.66. The fourth-order valence-electron chi connectivity index (χ4n) is 3.85. The monoisotopic (exact) mass is 445 g/mol. The lowest BCUT2D eigenvalue weighted by Gasteiger charge is -2.33. The van der Waals surface area contributed by atoms with Crippen molar-refractivity contribution >= 4 is 29.0 Å². The van der Waals surface area contributed by atoms with Gasteiger partial charge in [0.25, 0.3) is 11.8 Å². The number of anilines is 3. The number of nitrogens with zero attached hydrogens (tertiary/aromatic N) is 3. The second-order valence-corrected chi connectivity index (χ2v) is 7.94. The summed E-state index contributed by atoms with van der Waals surface area (Å²) in [6, 6.07) is 14.8. The van der Waals surface area contributed by atoms with Crippen LogP contribution in [-0.2, 0) is 0 Å². The summed E-state index contributed by atoms with van der Waals surface area (Å²) in [5.74, 6) is -0.640. The lowest BCUT2D eigenvalue weighted by atomic mass is 10.0. The molecule has 1 saturated heterocycles. The molecule has 0 bridgehead atoms. The van der Waals surface area contributed by atoms with Gasteiger partial charge in [0.2, 0.25) is 0 Å². The minimum absolute atomic E-state index is 0.0216. The van der Waals surface area contributed by atoms with E-state index < -0.39 is 5.91 Å². The quantitative estimate of drug-likeness (QED) is 0.472. The fourth-order valence-corrected chi connectivity index (χ4v) is 3.85. The van der Waals surface area contributed by atoms with E-state index in [0.717, 1.165) is 31.6 Å². The third kappa shape index (κ3) is 4.93. The van der Waals surface area contributed by atoms with E-state index in [1.54, 1.807) is 31.3 Å². The summed E-state index contributed by atoms with van der Waals surface area (Å²) in [6.07, 6.45) is 3.29. The van der Waals surface area contributed by atoms with Gasteiger partial charge in [-0.25, -0.2) is 9.97 Å². The van der Waals surface area contributed by atoms with Crippen molar-refractivity contribution in [1.29, 1.82) is 0 Å². The molecule has 6 N–H and O–H groups in total. The van der Waals surface area contributed by atoms with Crippen LogP contribution in [-0.4, -0.2) is 48.0 Å². The Balaban J connectivity index is 1.60. The van der Waals surface area contributed by atoms with Crippen molar-refractivity contribution in [3.63, 3.8) is 0 Å². The average molecular weight is 446 g/mol. The normalized spacial score (nSPS) is 14.1. The van der Waals surface area contributed by atoms with Crippen LogP contribution in [0.4, 0.5) is 17.2 Å². The number of piperidine rings is 1. The number of carbonyl (C=O) groups excluding carboxylic acids is 2. The summed E-state index contributed by atoms with van der Waals surface area (Å²) in [6.45, 7) is 1.65. The van der Waals surface area contributed by atoms with Gasteiger partial charge in [0, 0.05) is 37.3 Å². The summed E-state index contributed by atoms with van der Waals surface area (Å²) < 4.78 is 0. The van der Waals surface area contributed by atoms with Gasteiger partial charge in [0.15, 0.2) is 11.5 Å². The highest BCUT2D eigenvalue weighted by atomic mass is 16.2. The number of carbonyl (C=O) groups is 2. The Morgan fingerprint density at radius 2 is 1.82 bits per heavy atom. The molecule has 0 spiro atoms. The number of nitrogen functional groups attached to an aromatic ring is 1. The molecule has 3 aromatic rings. The number of hydrogen-bond acceptors (Lipinski definition) is 7. The van der Waals surface area contributed by atoms with E-state index in [-0.39, 0.29) is 23.5 Å². The number of nitrogens with two attached hydrogens (primary N) is 2. The van der Waals surface area contributed by atoms with Gasteiger partial charge in [-0.3, -0.25) is 9.59 Å². The minimum atomic E-state index is -0.453. The maximum Gasteiger partial charge on any atom is 0.278 e. The maximum absolute atomic E-state index is 13.1. The van der Waals surface area contributed by atoms with E-state index in [4.69, 9.17) is 11.5 Å². The Hall–Kier alpha value is -3.98. The third-order valence-electron chi connectivity index (χ3n) is 5.70. The molecule has 0 aliphatic carbocycles. The number of hydrogen-bond donors (Lipinski definition) is 4. The maximum atomic E-state index is 13.1. The zero-order valence-corrected chi connectivity index (χ0v) is 18.4. The zero-order chi connectivity index (χ0) is 23.4. The highest BCUT2D eigenvalue weighted by molar-refractivity contribution is 6.07. The molecule has 2 heterocycles. The smallest absolute Gasteiger partial charge is 0.278 e. The molecule has 33 heavy (non-hydrogen) atoms. The molecule has 1 aromatic heterocycles. The average Bonchev–Trinajstić information content (AvgIpc) is 2.85. The van der Waals surface area contributed by atoms with Gasteiger partial charge >= 0.3 is 0 Å². The van der Waals surface area contributed by atoms with Crippen molar-refractivity contribution < 1.29 is 9.59 Å².